The van der Waals surface area contributed by atoms with E-state index in [4.69, 9.17) is 5.11 Å². The number of nitrogens with one attached hydrogen (secondary N) is 1. The molecule has 1 atom stereocenters. The highest BCUT2D eigenvalue weighted by Gasteiger charge is 2.13. The Morgan fingerprint density at radius 1 is 1.22 bits per heavy atom. The molecule has 1 unspecified atom stereocenters. The maximum atomic E-state index is 12.1. The van der Waals surface area contributed by atoms with Gasteiger partial charge >= 0.3 is 5.97 Å². The van der Waals surface area contributed by atoms with E-state index in [0.29, 0.717) is 5.69 Å². The Morgan fingerprint density at radius 3 is 2.57 bits per heavy atom. The lowest BCUT2D eigenvalue weighted by atomic mass is 10.1. The number of hydrogen-bond acceptors (Lipinski definition) is 4. The molecule has 120 valence electrons. The lowest BCUT2D eigenvalue weighted by molar-refractivity contribution is -0.137. The Morgan fingerprint density at radius 2 is 1.91 bits per heavy atom. The predicted octanol–water partition coefficient (Wildman–Crippen LogP) is 1.07. The van der Waals surface area contributed by atoms with Gasteiger partial charge in [0.25, 0.3) is 11.5 Å². The van der Waals surface area contributed by atoms with Crippen molar-refractivity contribution in [3.63, 3.8) is 0 Å². The summed E-state index contributed by atoms with van der Waals surface area (Å²) in [5.41, 5.74) is 0.314. The fraction of sp³-hybridized carbons (Fsp3) is 0.250. The zero-order valence-corrected chi connectivity index (χ0v) is 12.6. The van der Waals surface area contributed by atoms with E-state index in [1.54, 1.807) is 31.2 Å². The molecule has 0 aliphatic carbocycles. The van der Waals surface area contributed by atoms with Gasteiger partial charge in [-0.3, -0.25) is 14.4 Å². The smallest absolute Gasteiger partial charge is 0.303 e. The van der Waals surface area contributed by atoms with Crippen molar-refractivity contribution in [1.29, 1.82) is 0 Å². The molecule has 1 heterocycles. The summed E-state index contributed by atoms with van der Waals surface area (Å²) in [6.07, 6.45) is -0.0305. The molecular formula is C16H17N3O4. The van der Waals surface area contributed by atoms with Gasteiger partial charge in [-0.1, -0.05) is 25.1 Å². The highest BCUT2D eigenvalue weighted by molar-refractivity contribution is 5.92. The number of carbonyl (C=O) groups is 2. The van der Waals surface area contributed by atoms with Crippen molar-refractivity contribution in [3.05, 3.63) is 58.5 Å². The Balaban J connectivity index is 2.13. The topological polar surface area (TPSA) is 101 Å². The van der Waals surface area contributed by atoms with E-state index in [0.717, 1.165) is 4.68 Å². The minimum atomic E-state index is -0.914. The molecule has 2 N–H and O–H groups in total. The van der Waals surface area contributed by atoms with Gasteiger partial charge in [0.1, 0.15) is 5.69 Å². The van der Waals surface area contributed by atoms with Gasteiger partial charge in [-0.05, 0) is 24.1 Å². The largest absolute Gasteiger partial charge is 0.481 e. The zero-order valence-electron chi connectivity index (χ0n) is 12.6. The maximum absolute atomic E-state index is 12.1. The highest BCUT2D eigenvalue weighted by atomic mass is 16.4. The Hall–Kier alpha value is -2.96. The molecule has 0 radical (unpaired) electrons. The van der Waals surface area contributed by atoms with E-state index in [-0.39, 0.29) is 30.1 Å². The van der Waals surface area contributed by atoms with Gasteiger partial charge in [0.05, 0.1) is 5.69 Å². The van der Waals surface area contributed by atoms with Crippen LogP contribution in [-0.4, -0.2) is 33.3 Å². The van der Waals surface area contributed by atoms with Crippen LogP contribution in [-0.2, 0) is 4.79 Å². The van der Waals surface area contributed by atoms with Crippen LogP contribution in [0.2, 0.25) is 0 Å². The van der Waals surface area contributed by atoms with E-state index in [9.17, 15) is 14.4 Å². The molecule has 1 aromatic carbocycles. The van der Waals surface area contributed by atoms with Crippen molar-refractivity contribution in [1.82, 2.24) is 15.1 Å². The average molecular weight is 315 g/mol. The van der Waals surface area contributed by atoms with Crippen LogP contribution < -0.4 is 10.9 Å². The lowest BCUT2D eigenvalue weighted by Crippen LogP contribution is -2.32. The third-order valence-electron chi connectivity index (χ3n) is 3.17. The Kier molecular flexibility index (Phi) is 5.24. The molecule has 0 aliphatic rings. The molecule has 0 saturated carbocycles. The van der Waals surface area contributed by atoms with E-state index in [2.05, 4.69) is 10.4 Å². The maximum Gasteiger partial charge on any atom is 0.303 e. The summed E-state index contributed by atoms with van der Waals surface area (Å²) in [6, 6.07) is 11.4. The first-order valence-electron chi connectivity index (χ1n) is 7.13. The SMILES string of the molecule is CC(CNC(=O)c1ccc(=O)n(-c2ccccc2)n1)CC(=O)O. The number of nitrogens with zero attached hydrogens (tertiary/aromatic N) is 2. The number of hydrogen-bond donors (Lipinski definition) is 2. The van der Waals surface area contributed by atoms with Gasteiger partial charge in [0.15, 0.2) is 0 Å². The van der Waals surface area contributed by atoms with Crippen LogP contribution in [0.1, 0.15) is 23.8 Å². The first-order valence-corrected chi connectivity index (χ1v) is 7.13. The average Bonchev–Trinajstić information content (AvgIpc) is 2.53. The molecule has 1 aromatic heterocycles. The summed E-state index contributed by atoms with van der Waals surface area (Å²) in [5, 5.41) is 15.4. The second kappa shape index (κ2) is 7.35. The third-order valence-corrected chi connectivity index (χ3v) is 3.17. The number of carbonyl (C=O) groups excluding carboxylic acids is 1. The summed E-state index contributed by atoms with van der Waals surface area (Å²) >= 11 is 0. The van der Waals surface area contributed by atoms with Crippen molar-refractivity contribution < 1.29 is 14.7 Å². The first-order chi connectivity index (χ1) is 11.0. The fourth-order valence-electron chi connectivity index (χ4n) is 2.01. The lowest BCUT2D eigenvalue weighted by Gasteiger charge is -2.11. The van der Waals surface area contributed by atoms with Gasteiger partial charge < -0.3 is 10.4 Å². The molecule has 0 fully saturated rings. The Bertz CT molecular complexity index is 755. The molecular weight excluding hydrogens is 298 g/mol. The summed E-state index contributed by atoms with van der Waals surface area (Å²) in [6.45, 7) is 1.95. The van der Waals surface area contributed by atoms with E-state index in [1.807, 2.05) is 6.07 Å². The molecule has 0 saturated heterocycles. The number of aromatic nitrogens is 2. The number of carboxylic acids is 1. The number of rotatable bonds is 6. The van der Waals surface area contributed by atoms with Crippen LogP contribution in [0.5, 0.6) is 0 Å². The molecule has 2 aromatic rings. The minimum Gasteiger partial charge on any atom is -0.481 e. The second-order valence-electron chi connectivity index (χ2n) is 5.22. The number of benzene rings is 1. The van der Waals surface area contributed by atoms with Crippen molar-refractivity contribution in [3.8, 4) is 5.69 Å². The van der Waals surface area contributed by atoms with Crippen LogP contribution in [0.25, 0.3) is 5.69 Å². The molecule has 23 heavy (non-hydrogen) atoms. The van der Waals surface area contributed by atoms with Crippen molar-refractivity contribution in [2.24, 2.45) is 5.92 Å². The molecule has 7 nitrogen and oxygen atoms in total. The molecule has 1 amide bonds. The van der Waals surface area contributed by atoms with Crippen LogP contribution in [0.4, 0.5) is 0 Å². The second-order valence-corrected chi connectivity index (χ2v) is 5.22. The normalized spacial score (nSPS) is 11.7. The Labute approximate surface area is 132 Å². The van der Waals surface area contributed by atoms with Crippen molar-refractivity contribution in [2.75, 3.05) is 6.54 Å². The molecule has 2 rings (SSSR count). The van der Waals surface area contributed by atoms with E-state index < -0.39 is 11.9 Å². The number of carboxylic acid groups (broad SMARTS) is 1. The van der Waals surface area contributed by atoms with Crippen LogP contribution in [0.15, 0.2) is 47.3 Å². The molecule has 0 bridgehead atoms. The van der Waals surface area contributed by atoms with E-state index in [1.165, 1.54) is 12.1 Å². The molecule has 0 aliphatic heterocycles. The van der Waals surface area contributed by atoms with Gasteiger partial charge in [0, 0.05) is 19.0 Å². The molecule has 7 heteroatoms. The first kappa shape index (κ1) is 16.4. The number of para-hydroxylation sites is 1. The minimum absolute atomic E-state index is 0.0305. The third kappa shape index (κ3) is 4.50. The summed E-state index contributed by atoms with van der Waals surface area (Å²) in [5.74, 6) is -1.56. The van der Waals surface area contributed by atoms with Crippen LogP contribution in [0.3, 0.4) is 0 Å². The van der Waals surface area contributed by atoms with Crippen molar-refractivity contribution in [2.45, 2.75) is 13.3 Å². The summed E-state index contributed by atoms with van der Waals surface area (Å²) < 4.78 is 1.15. The molecule has 0 spiro atoms. The van der Waals surface area contributed by atoms with Gasteiger partial charge in [0.2, 0.25) is 0 Å². The highest BCUT2D eigenvalue weighted by Crippen LogP contribution is 2.03. The fourth-order valence-corrected chi connectivity index (χ4v) is 2.01. The van der Waals surface area contributed by atoms with Crippen LogP contribution >= 0.6 is 0 Å². The predicted molar refractivity (Wildman–Crippen MR) is 83.6 cm³/mol. The quantitative estimate of drug-likeness (QED) is 0.830. The van der Waals surface area contributed by atoms with E-state index >= 15 is 0 Å². The summed E-state index contributed by atoms with van der Waals surface area (Å²) in [7, 11) is 0. The van der Waals surface area contributed by atoms with Crippen LogP contribution in [0, 0.1) is 5.92 Å². The zero-order chi connectivity index (χ0) is 16.8. The van der Waals surface area contributed by atoms with Gasteiger partial charge in [-0.15, -0.1) is 0 Å². The van der Waals surface area contributed by atoms with Gasteiger partial charge in [-0.25, -0.2) is 0 Å². The monoisotopic (exact) mass is 315 g/mol. The summed E-state index contributed by atoms with van der Waals surface area (Å²) in [4.78, 5) is 34.6. The van der Waals surface area contributed by atoms with Gasteiger partial charge in [-0.2, -0.15) is 9.78 Å². The standard InChI is InChI=1S/C16H17N3O4/c1-11(9-15(21)22)10-17-16(23)13-7-8-14(20)19(18-13)12-5-3-2-4-6-12/h2-8,11H,9-10H2,1H3,(H,17,23)(H,21,22). The number of aliphatic carboxylic acids is 1. The van der Waals surface area contributed by atoms with Crippen molar-refractivity contribution >= 4 is 11.9 Å². The number of amides is 1.